The number of halogens is 2. The fraction of sp³-hybridized carbons (Fsp3) is 0.267. The van der Waals surface area contributed by atoms with Gasteiger partial charge in [-0.1, -0.05) is 12.1 Å². The number of amides is 1. The summed E-state index contributed by atoms with van der Waals surface area (Å²) in [6.45, 7) is -0.639. The van der Waals surface area contributed by atoms with Gasteiger partial charge >= 0.3 is 6.61 Å². The maximum atomic E-state index is 12.0. The van der Waals surface area contributed by atoms with Crippen molar-refractivity contribution in [2.24, 2.45) is 0 Å². The van der Waals surface area contributed by atoms with E-state index in [-0.39, 0.29) is 17.4 Å². The zero-order valence-corrected chi connectivity index (χ0v) is 11.9. The molecule has 0 aliphatic carbocycles. The summed E-state index contributed by atoms with van der Waals surface area (Å²) in [5.41, 5.74) is 1.89. The standard InChI is InChI=1S/C15H15F2N3O2/c1-10-8-20-13(9-19-10)14(21)18-7-6-11-2-4-12(5-3-11)22-15(16)17/h2-5,8-9,15H,6-7H2,1H3,(H,18,21). The van der Waals surface area contributed by atoms with Gasteiger partial charge in [0, 0.05) is 12.7 Å². The molecule has 0 atom stereocenters. The number of benzene rings is 1. The molecule has 1 N–H and O–H groups in total. The molecule has 1 aromatic heterocycles. The molecule has 0 fully saturated rings. The van der Waals surface area contributed by atoms with Crippen molar-refractivity contribution < 1.29 is 18.3 Å². The van der Waals surface area contributed by atoms with Gasteiger partial charge in [-0.2, -0.15) is 8.78 Å². The maximum Gasteiger partial charge on any atom is 0.387 e. The quantitative estimate of drug-likeness (QED) is 0.890. The van der Waals surface area contributed by atoms with Gasteiger partial charge in [0.1, 0.15) is 11.4 Å². The van der Waals surface area contributed by atoms with Gasteiger partial charge in [0.2, 0.25) is 0 Å². The first-order valence-corrected chi connectivity index (χ1v) is 6.65. The van der Waals surface area contributed by atoms with E-state index in [1.165, 1.54) is 24.5 Å². The van der Waals surface area contributed by atoms with Crippen LogP contribution in [0.1, 0.15) is 21.7 Å². The first-order chi connectivity index (χ1) is 10.5. The van der Waals surface area contributed by atoms with Crippen LogP contribution in [-0.4, -0.2) is 29.0 Å². The van der Waals surface area contributed by atoms with Crippen LogP contribution in [0.5, 0.6) is 5.75 Å². The van der Waals surface area contributed by atoms with Crippen molar-refractivity contribution in [2.45, 2.75) is 20.0 Å². The Hall–Kier alpha value is -2.57. The van der Waals surface area contributed by atoms with Crippen molar-refractivity contribution in [3.8, 4) is 5.75 Å². The topological polar surface area (TPSA) is 64.1 Å². The van der Waals surface area contributed by atoms with E-state index in [9.17, 15) is 13.6 Å². The van der Waals surface area contributed by atoms with Gasteiger partial charge in [-0.05, 0) is 31.0 Å². The molecule has 116 valence electrons. The molecule has 5 nitrogen and oxygen atoms in total. The Morgan fingerprint density at radius 1 is 1.23 bits per heavy atom. The third kappa shape index (κ3) is 4.76. The minimum absolute atomic E-state index is 0.109. The highest BCUT2D eigenvalue weighted by Gasteiger charge is 2.07. The lowest BCUT2D eigenvalue weighted by Crippen LogP contribution is -2.26. The highest BCUT2D eigenvalue weighted by molar-refractivity contribution is 5.91. The molecule has 0 bridgehead atoms. The average Bonchev–Trinajstić information content (AvgIpc) is 2.49. The van der Waals surface area contributed by atoms with Crippen LogP contribution in [0.25, 0.3) is 0 Å². The number of hydrogen-bond acceptors (Lipinski definition) is 4. The normalized spacial score (nSPS) is 10.5. The second-order valence-electron chi connectivity index (χ2n) is 4.57. The van der Waals surface area contributed by atoms with E-state index < -0.39 is 6.61 Å². The van der Waals surface area contributed by atoms with Crippen LogP contribution in [0, 0.1) is 6.92 Å². The van der Waals surface area contributed by atoms with Crippen molar-refractivity contribution in [3.05, 3.63) is 53.6 Å². The van der Waals surface area contributed by atoms with Crippen LogP contribution in [0.2, 0.25) is 0 Å². The van der Waals surface area contributed by atoms with E-state index in [1.807, 2.05) is 0 Å². The Morgan fingerprint density at radius 2 is 1.95 bits per heavy atom. The van der Waals surface area contributed by atoms with E-state index in [0.29, 0.717) is 13.0 Å². The number of rotatable bonds is 6. The van der Waals surface area contributed by atoms with Gasteiger partial charge in [-0.3, -0.25) is 9.78 Å². The first-order valence-electron chi connectivity index (χ1n) is 6.65. The van der Waals surface area contributed by atoms with Crippen molar-refractivity contribution in [1.29, 1.82) is 0 Å². The van der Waals surface area contributed by atoms with Crippen LogP contribution >= 0.6 is 0 Å². The summed E-state index contributed by atoms with van der Waals surface area (Å²) >= 11 is 0. The molecule has 0 radical (unpaired) electrons. The number of alkyl halides is 2. The summed E-state index contributed by atoms with van der Waals surface area (Å²) in [6.07, 6.45) is 3.51. The van der Waals surface area contributed by atoms with Crippen molar-refractivity contribution in [2.75, 3.05) is 6.54 Å². The lowest BCUT2D eigenvalue weighted by molar-refractivity contribution is -0.0498. The number of nitrogens with one attached hydrogen (secondary N) is 1. The number of aryl methyl sites for hydroxylation is 1. The molecule has 0 spiro atoms. The fourth-order valence-corrected chi connectivity index (χ4v) is 1.76. The van der Waals surface area contributed by atoms with E-state index in [4.69, 9.17) is 0 Å². The van der Waals surface area contributed by atoms with Gasteiger partial charge < -0.3 is 10.1 Å². The Morgan fingerprint density at radius 3 is 2.55 bits per heavy atom. The number of carbonyl (C=O) groups is 1. The molecule has 1 amide bonds. The van der Waals surface area contributed by atoms with Crippen LogP contribution in [0.3, 0.4) is 0 Å². The molecule has 22 heavy (non-hydrogen) atoms. The minimum Gasteiger partial charge on any atom is -0.435 e. The largest absolute Gasteiger partial charge is 0.435 e. The van der Waals surface area contributed by atoms with Gasteiger partial charge in [-0.15, -0.1) is 0 Å². The monoisotopic (exact) mass is 307 g/mol. The zero-order valence-electron chi connectivity index (χ0n) is 11.9. The van der Waals surface area contributed by atoms with Crippen LogP contribution in [0.4, 0.5) is 8.78 Å². The van der Waals surface area contributed by atoms with Crippen molar-refractivity contribution in [3.63, 3.8) is 0 Å². The summed E-state index contributed by atoms with van der Waals surface area (Å²) in [7, 11) is 0. The molecule has 0 aliphatic heterocycles. The Kier molecular flexibility index (Phi) is 5.35. The smallest absolute Gasteiger partial charge is 0.387 e. The Labute approximate surface area is 126 Å². The molecule has 0 saturated heterocycles. The third-order valence-electron chi connectivity index (χ3n) is 2.86. The zero-order chi connectivity index (χ0) is 15.9. The van der Waals surface area contributed by atoms with Gasteiger partial charge in [0.15, 0.2) is 0 Å². The van der Waals surface area contributed by atoms with Crippen LogP contribution in [-0.2, 0) is 6.42 Å². The Balaban J connectivity index is 1.80. The van der Waals surface area contributed by atoms with Crippen molar-refractivity contribution >= 4 is 5.91 Å². The van der Waals surface area contributed by atoms with Gasteiger partial charge in [0.25, 0.3) is 5.91 Å². The molecule has 0 aliphatic rings. The van der Waals surface area contributed by atoms with Crippen LogP contribution in [0.15, 0.2) is 36.7 Å². The summed E-state index contributed by atoms with van der Waals surface area (Å²) in [5, 5.41) is 2.72. The molecule has 1 heterocycles. The Bertz CT molecular complexity index is 616. The summed E-state index contributed by atoms with van der Waals surface area (Å²) in [5.74, 6) is -0.192. The van der Waals surface area contributed by atoms with Gasteiger partial charge in [0.05, 0.1) is 11.9 Å². The number of carbonyl (C=O) groups excluding carboxylic acids is 1. The van der Waals surface area contributed by atoms with Crippen LogP contribution < -0.4 is 10.1 Å². The number of hydrogen-bond donors (Lipinski definition) is 1. The minimum atomic E-state index is -2.83. The average molecular weight is 307 g/mol. The van der Waals surface area contributed by atoms with Gasteiger partial charge in [-0.25, -0.2) is 4.98 Å². The molecule has 2 rings (SSSR count). The third-order valence-corrected chi connectivity index (χ3v) is 2.86. The summed E-state index contributed by atoms with van der Waals surface area (Å²) in [4.78, 5) is 19.8. The SMILES string of the molecule is Cc1cnc(C(=O)NCCc2ccc(OC(F)F)cc2)cn1. The maximum absolute atomic E-state index is 12.0. The summed E-state index contributed by atoms with van der Waals surface area (Å²) in [6, 6.07) is 6.29. The molecule has 0 saturated carbocycles. The lowest BCUT2D eigenvalue weighted by Gasteiger charge is -2.07. The van der Waals surface area contributed by atoms with E-state index in [2.05, 4.69) is 20.0 Å². The molecule has 2 aromatic rings. The predicted molar refractivity (Wildman–Crippen MR) is 75.9 cm³/mol. The molecule has 0 unspecified atom stereocenters. The molecular weight excluding hydrogens is 292 g/mol. The lowest BCUT2D eigenvalue weighted by atomic mass is 10.1. The number of ether oxygens (including phenoxy) is 1. The van der Waals surface area contributed by atoms with E-state index in [0.717, 1.165) is 11.3 Å². The molecular formula is C15H15F2N3O2. The fourth-order valence-electron chi connectivity index (χ4n) is 1.76. The summed E-state index contributed by atoms with van der Waals surface area (Å²) < 4.78 is 28.3. The van der Waals surface area contributed by atoms with Crippen molar-refractivity contribution in [1.82, 2.24) is 15.3 Å². The second-order valence-corrected chi connectivity index (χ2v) is 4.57. The highest BCUT2D eigenvalue weighted by Crippen LogP contribution is 2.14. The molecule has 1 aromatic carbocycles. The predicted octanol–water partition coefficient (Wildman–Crippen LogP) is 2.36. The number of nitrogens with zero attached hydrogens (tertiary/aromatic N) is 2. The second kappa shape index (κ2) is 7.44. The molecule has 7 heteroatoms. The first kappa shape index (κ1) is 15.8. The van der Waals surface area contributed by atoms with E-state index in [1.54, 1.807) is 19.1 Å². The highest BCUT2D eigenvalue weighted by atomic mass is 19.3. The number of aromatic nitrogens is 2. The van der Waals surface area contributed by atoms with E-state index >= 15 is 0 Å².